The Morgan fingerprint density at radius 3 is 2.38 bits per heavy atom. The third kappa shape index (κ3) is 4.97. The van der Waals surface area contributed by atoms with Crippen molar-refractivity contribution in [3.63, 3.8) is 0 Å². The predicted molar refractivity (Wildman–Crippen MR) is 99.2 cm³/mol. The maximum Gasteiger partial charge on any atom is 0.417 e. The number of alkyl halides is 3. The van der Waals surface area contributed by atoms with Gasteiger partial charge in [-0.15, -0.1) is 0 Å². The fraction of sp³-hybridized carbons (Fsp3) is 0.316. The second-order valence-electron chi connectivity index (χ2n) is 6.52. The highest BCUT2D eigenvalue weighted by atomic mass is 35.5. The molecule has 0 saturated carbocycles. The molecule has 0 bridgehead atoms. The van der Waals surface area contributed by atoms with Crippen molar-refractivity contribution in [1.29, 1.82) is 0 Å². The number of aromatic nitrogens is 1. The van der Waals surface area contributed by atoms with Crippen molar-refractivity contribution in [2.75, 3.05) is 26.2 Å². The van der Waals surface area contributed by atoms with Crippen molar-refractivity contribution >= 4 is 29.5 Å². The van der Waals surface area contributed by atoms with Crippen molar-refractivity contribution in [2.24, 2.45) is 0 Å². The van der Waals surface area contributed by atoms with Gasteiger partial charge < -0.3 is 14.3 Å². The largest absolute Gasteiger partial charge is 0.417 e. The number of aryl methyl sites for hydroxylation is 1. The minimum absolute atomic E-state index is 0.144. The second kappa shape index (κ2) is 8.28. The minimum Gasteiger partial charge on any atom is -0.351 e. The molecule has 0 unspecified atom stereocenters. The SMILES string of the molecule is Cc1cc(C(=O)N2CCN(C(=O)/C=C/c3ccc(Cl)c(C(F)(F)F)c3)CC2)on1. The molecule has 29 heavy (non-hydrogen) atoms. The quantitative estimate of drug-likeness (QED) is 0.701. The third-order valence-corrected chi connectivity index (χ3v) is 4.76. The van der Waals surface area contributed by atoms with Gasteiger partial charge in [0.1, 0.15) is 0 Å². The maximum atomic E-state index is 12.9. The summed E-state index contributed by atoms with van der Waals surface area (Å²) in [6.07, 6.45) is -2.06. The number of benzene rings is 1. The summed E-state index contributed by atoms with van der Waals surface area (Å²) in [6, 6.07) is 4.98. The Morgan fingerprint density at radius 2 is 1.79 bits per heavy atom. The zero-order valence-corrected chi connectivity index (χ0v) is 16.1. The number of rotatable bonds is 3. The lowest BCUT2D eigenvalue weighted by Gasteiger charge is -2.33. The lowest BCUT2D eigenvalue weighted by atomic mass is 10.1. The lowest BCUT2D eigenvalue weighted by Crippen LogP contribution is -2.50. The molecule has 0 N–H and O–H groups in total. The predicted octanol–water partition coefficient (Wildman–Crippen LogP) is 3.65. The van der Waals surface area contributed by atoms with Crippen molar-refractivity contribution in [3.8, 4) is 0 Å². The number of carbonyl (C=O) groups excluding carboxylic acids is 2. The summed E-state index contributed by atoms with van der Waals surface area (Å²) in [6.45, 7) is 2.95. The Kier molecular flexibility index (Phi) is 5.97. The molecule has 1 aliphatic heterocycles. The number of carbonyl (C=O) groups is 2. The van der Waals surface area contributed by atoms with Crippen LogP contribution >= 0.6 is 11.6 Å². The Bertz CT molecular complexity index is 948. The van der Waals surface area contributed by atoms with Gasteiger partial charge in [0.05, 0.1) is 16.3 Å². The summed E-state index contributed by atoms with van der Waals surface area (Å²) in [5.74, 6) is -0.504. The van der Waals surface area contributed by atoms with E-state index >= 15 is 0 Å². The van der Waals surface area contributed by atoms with Gasteiger partial charge in [0, 0.05) is 38.3 Å². The van der Waals surface area contributed by atoms with E-state index in [1.165, 1.54) is 23.1 Å². The standard InChI is InChI=1S/C19H17ClF3N3O3/c1-12-10-16(29-24-12)18(28)26-8-6-25(7-9-26)17(27)5-3-13-2-4-15(20)14(11-13)19(21,22)23/h2-5,10-11H,6-9H2,1H3/b5-3+. The van der Waals surface area contributed by atoms with E-state index in [0.717, 1.165) is 12.1 Å². The summed E-state index contributed by atoms with van der Waals surface area (Å²) < 4.78 is 43.7. The number of piperazine rings is 1. The first-order valence-corrected chi connectivity index (χ1v) is 9.09. The normalized spacial score (nSPS) is 15.2. The average Bonchev–Trinajstić information content (AvgIpc) is 3.12. The van der Waals surface area contributed by atoms with Crippen LogP contribution in [0.3, 0.4) is 0 Å². The number of amides is 2. The fourth-order valence-electron chi connectivity index (χ4n) is 2.89. The van der Waals surface area contributed by atoms with Gasteiger partial charge >= 0.3 is 6.18 Å². The highest BCUT2D eigenvalue weighted by molar-refractivity contribution is 6.31. The van der Waals surface area contributed by atoms with Crippen LogP contribution in [-0.2, 0) is 11.0 Å². The zero-order chi connectivity index (χ0) is 21.2. The maximum absolute atomic E-state index is 12.9. The second-order valence-corrected chi connectivity index (χ2v) is 6.93. The molecule has 3 rings (SSSR count). The highest BCUT2D eigenvalue weighted by Crippen LogP contribution is 2.35. The molecule has 0 aliphatic carbocycles. The Hall–Kier alpha value is -2.81. The van der Waals surface area contributed by atoms with E-state index in [2.05, 4.69) is 5.16 Å². The molecule has 2 amide bonds. The van der Waals surface area contributed by atoms with Gasteiger partial charge in [0.15, 0.2) is 0 Å². The van der Waals surface area contributed by atoms with Crippen molar-refractivity contribution < 1.29 is 27.3 Å². The first-order valence-electron chi connectivity index (χ1n) is 8.71. The van der Waals surface area contributed by atoms with E-state index < -0.39 is 16.8 Å². The van der Waals surface area contributed by atoms with Gasteiger partial charge in [-0.3, -0.25) is 9.59 Å². The van der Waals surface area contributed by atoms with E-state index in [1.54, 1.807) is 17.9 Å². The Morgan fingerprint density at radius 1 is 1.14 bits per heavy atom. The van der Waals surface area contributed by atoms with Crippen molar-refractivity contribution in [2.45, 2.75) is 13.1 Å². The molecule has 1 fully saturated rings. The van der Waals surface area contributed by atoms with E-state index in [4.69, 9.17) is 16.1 Å². The van der Waals surface area contributed by atoms with Gasteiger partial charge in [-0.25, -0.2) is 0 Å². The molecule has 0 atom stereocenters. The summed E-state index contributed by atoms with van der Waals surface area (Å²) in [7, 11) is 0. The minimum atomic E-state index is -4.57. The van der Waals surface area contributed by atoms with Crippen LogP contribution in [0.1, 0.15) is 27.4 Å². The Balaban J connectivity index is 1.59. The smallest absolute Gasteiger partial charge is 0.351 e. The van der Waals surface area contributed by atoms with Crippen LogP contribution in [0.2, 0.25) is 5.02 Å². The van der Waals surface area contributed by atoms with Crippen LogP contribution in [0.5, 0.6) is 0 Å². The molecule has 154 valence electrons. The van der Waals surface area contributed by atoms with E-state index in [9.17, 15) is 22.8 Å². The van der Waals surface area contributed by atoms with Crippen LogP contribution in [0.4, 0.5) is 13.2 Å². The first kappa shape index (κ1) is 20.9. The summed E-state index contributed by atoms with van der Waals surface area (Å²) in [4.78, 5) is 27.7. The van der Waals surface area contributed by atoms with Crippen molar-refractivity contribution in [1.82, 2.24) is 15.0 Å². The van der Waals surface area contributed by atoms with Crippen molar-refractivity contribution in [3.05, 3.63) is 57.9 Å². The Labute approximate surface area is 169 Å². The summed E-state index contributed by atoms with van der Waals surface area (Å²) in [5.41, 5.74) is -0.142. The van der Waals surface area contributed by atoms with Gasteiger partial charge in [-0.1, -0.05) is 22.8 Å². The molecule has 10 heteroatoms. The molecule has 1 saturated heterocycles. The van der Waals surface area contributed by atoms with Crippen LogP contribution in [0.15, 0.2) is 34.9 Å². The molecular formula is C19H17ClF3N3O3. The lowest BCUT2D eigenvalue weighted by molar-refractivity contribution is -0.137. The van der Waals surface area contributed by atoms with E-state index in [-0.39, 0.29) is 23.1 Å². The molecule has 2 heterocycles. The van der Waals surface area contributed by atoms with Gasteiger partial charge in [0.2, 0.25) is 11.7 Å². The molecule has 1 aromatic carbocycles. The topological polar surface area (TPSA) is 66.7 Å². The van der Waals surface area contributed by atoms with Gasteiger partial charge in [-0.05, 0) is 30.7 Å². The van der Waals surface area contributed by atoms with E-state index in [1.807, 2.05) is 0 Å². The molecule has 1 aliphatic rings. The number of hydrogen-bond donors (Lipinski definition) is 0. The third-order valence-electron chi connectivity index (χ3n) is 4.43. The van der Waals surface area contributed by atoms with Gasteiger partial charge in [-0.2, -0.15) is 13.2 Å². The summed E-state index contributed by atoms with van der Waals surface area (Å²) in [5, 5.41) is 3.28. The molecule has 1 aromatic heterocycles. The van der Waals surface area contributed by atoms with Crippen LogP contribution in [-0.4, -0.2) is 52.9 Å². The number of nitrogens with zero attached hydrogens (tertiary/aromatic N) is 3. The molecule has 2 aromatic rings. The number of hydrogen-bond acceptors (Lipinski definition) is 4. The molecule has 6 nitrogen and oxygen atoms in total. The fourth-order valence-corrected chi connectivity index (χ4v) is 3.11. The zero-order valence-electron chi connectivity index (χ0n) is 15.4. The molecule has 0 radical (unpaired) electrons. The summed E-state index contributed by atoms with van der Waals surface area (Å²) >= 11 is 5.59. The van der Waals surface area contributed by atoms with Crippen LogP contribution in [0, 0.1) is 6.92 Å². The molecular weight excluding hydrogens is 411 g/mol. The van der Waals surface area contributed by atoms with Crippen LogP contribution in [0.25, 0.3) is 6.08 Å². The molecule has 0 spiro atoms. The van der Waals surface area contributed by atoms with Crippen LogP contribution < -0.4 is 0 Å². The van der Waals surface area contributed by atoms with E-state index in [0.29, 0.717) is 31.9 Å². The average molecular weight is 428 g/mol. The number of halogens is 4. The monoisotopic (exact) mass is 427 g/mol. The van der Waals surface area contributed by atoms with Gasteiger partial charge in [0.25, 0.3) is 5.91 Å². The first-order chi connectivity index (χ1) is 13.6. The highest BCUT2D eigenvalue weighted by Gasteiger charge is 2.33.